The van der Waals surface area contributed by atoms with Crippen molar-refractivity contribution in [3.8, 4) is 5.69 Å². The maximum absolute atomic E-state index is 12.0. The lowest BCUT2D eigenvalue weighted by Gasteiger charge is -2.10. The zero-order chi connectivity index (χ0) is 14.7. The van der Waals surface area contributed by atoms with Crippen molar-refractivity contribution < 1.29 is 9.32 Å². The van der Waals surface area contributed by atoms with Crippen LogP contribution < -0.4 is 5.32 Å². The van der Waals surface area contributed by atoms with Gasteiger partial charge in [0.15, 0.2) is 0 Å². The lowest BCUT2D eigenvalue weighted by atomic mass is 10.2. The van der Waals surface area contributed by atoms with Gasteiger partial charge in [-0.2, -0.15) is 5.10 Å². The lowest BCUT2D eigenvalue weighted by molar-refractivity contribution is -0.115. The smallest absolute Gasteiger partial charge is 0.230 e. The Balaban J connectivity index is 1.81. The minimum Gasteiger partial charge on any atom is -0.364 e. The summed E-state index contributed by atoms with van der Waals surface area (Å²) in [5, 5.41) is 10.8. The second kappa shape index (κ2) is 5.92. The van der Waals surface area contributed by atoms with E-state index in [4.69, 9.17) is 4.52 Å². The van der Waals surface area contributed by atoms with Crippen LogP contribution in [0.25, 0.3) is 5.69 Å². The molecule has 0 aliphatic rings. The van der Waals surface area contributed by atoms with E-state index in [-0.39, 0.29) is 12.3 Å². The van der Waals surface area contributed by atoms with Crippen molar-refractivity contribution in [2.45, 2.75) is 6.42 Å². The molecule has 0 unspecified atom stereocenters. The highest BCUT2D eigenvalue weighted by atomic mass is 79.9. The van der Waals surface area contributed by atoms with Crippen molar-refractivity contribution >= 4 is 27.5 Å². The standard InChI is InChI=1S/C14H11BrN4O2/c15-10-8-16-19(9-10)13-4-2-1-3-12(13)17-14(20)7-11-5-6-21-18-11/h1-6,8-9H,7H2,(H,17,20). The molecule has 6 nitrogen and oxygen atoms in total. The summed E-state index contributed by atoms with van der Waals surface area (Å²) in [4.78, 5) is 12.0. The molecule has 3 rings (SSSR count). The van der Waals surface area contributed by atoms with E-state index in [2.05, 4.69) is 31.5 Å². The maximum Gasteiger partial charge on any atom is 0.230 e. The molecular formula is C14H11BrN4O2. The fourth-order valence-electron chi connectivity index (χ4n) is 1.90. The highest BCUT2D eigenvalue weighted by molar-refractivity contribution is 9.10. The van der Waals surface area contributed by atoms with E-state index in [1.54, 1.807) is 16.9 Å². The van der Waals surface area contributed by atoms with Gasteiger partial charge in [-0.1, -0.05) is 17.3 Å². The summed E-state index contributed by atoms with van der Waals surface area (Å²) in [6.07, 6.45) is 5.11. The Kier molecular flexibility index (Phi) is 3.83. The second-order valence-corrected chi connectivity index (χ2v) is 5.25. The van der Waals surface area contributed by atoms with Gasteiger partial charge in [0.25, 0.3) is 0 Å². The highest BCUT2D eigenvalue weighted by Gasteiger charge is 2.10. The Morgan fingerprint density at radius 3 is 2.90 bits per heavy atom. The van der Waals surface area contributed by atoms with Crippen LogP contribution in [0.4, 0.5) is 5.69 Å². The summed E-state index contributed by atoms with van der Waals surface area (Å²) in [6, 6.07) is 9.11. The number of carbonyl (C=O) groups excluding carboxylic acids is 1. The van der Waals surface area contributed by atoms with Gasteiger partial charge in [-0.25, -0.2) is 4.68 Å². The summed E-state index contributed by atoms with van der Waals surface area (Å²) in [5.74, 6) is -0.164. The van der Waals surface area contributed by atoms with Gasteiger partial charge < -0.3 is 9.84 Å². The number of nitrogens with zero attached hydrogens (tertiary/aromatic N) is 3. The van der Waals surface area contributed by atoms with E-state index >= 15 is 0 Å². The molecule has 2 heterocycles. The van der Waals surface area contributed by atoms with Crippen molar-refractivity contribution in [1.82, 2.24) is 14.9 Å². The first-order valence-corrected chi connectivity index (χ1v) is 7.00. The van der Waals surface area contributed by atoms with E-state index in [1.807, 2.05) is 30.5 Å². The van der Waals surface area contributed by atoms with Crippen LogP contribution in [0.1, 0.15) is 5.69 Å². The number of carbonyl (C=O) groups is 1. The minimum atomic E-state index is -0.164. The molecule has 0 aliphatic heterocycles. The van der Waals surface area contributed by atoms with Gasteiger partial charge in [-0.05, 0) is 28.1 Å². The number of amides is 1. The average Bonchev–Trinajstić information content (AvgIpc) is 3.11. The Morgan fingerprint density at radius 2 is 2.19 bits per heavy atom. The first-order chi connectivity index (χ1) is 10.2. The summed E-state index contributed by atoms with van der Waals surface area (Å²) >= 11 is 3.36. The third-order valence-corrected chi connectivity index (χ3v) is 3.22. The lowest BCUT2D eigenvalue weighted by Crippen LogP contribution is -2.16. The quantitative estimate of drug-likeness (QED) is 0.788. The molecule has 1 amide bonds. The summed E-state index contributed by atoms with van der Waals surface area (Å²) < 4.78 is 7.27. The van der Waals surface area contributed by atoms with E-state index < -0.39 is 0 Å². The summed E-state index contributed by atoms with van der Waals surface area (Å²) in [6.45, 7) is 0. The van der Waals surface area contributed by atoms with Gasteiger partial charge in [0.05, 0.1) is 34.2 Å². The predicted molar refractivity (Wildman–Crippen MR) is 80.1 cm³/mol. The van der Waals surface area contributed by atoms with Gasteiger partial charge in [0.1, 0.15) is 6.26 Å². The molecule has 0 spiro atoms. The molecule has 0 atom stereocenters. The fourth-order valence-corrected chi connectivity index (χ4v) is 2.18. The molecule has 0 aliphatic carbocycles. The average molecular weight is 347 g/mol. The van der Waals surface area contributed by atoms with Crippen LogP contribution >= 0.6 is 15.9 Å². The van der Waals surface area contributed by atoms with Crippen molar-refractivity contribution in [2.75, 3.05) is 5.32 Å². The largest absolute Gasteiger partial charge is 0.364 e. The molecule has 2 aromatic heterocycles. The van der Waals surface area contributed by atoms with Crippen LogP contribution in [0.3, 0.4) is 0 Å². The monoisotopic (exact) mass is 346 g/mol. The molecule has 0 fully saturated rings. The molecule has 1 N–H and O–H groups in total. The number of hydrogen-bond donors (Lipinski definition) is 1. The molecule has 7 heteroatoms. The topological polar surface area (TPSA) is 73.0 Å². The number of anilines is 1. The summed E-state index contributed by atoms with van der Waals surface area (Å²) in [7, 11) is 0. The first kappa shape index (κ1) is 13.6. The molecule has 1 aromatic carbocycles. The van der Waals surface area contributed by atoms with Gasteiger partial charge in [0.2, 0.25) is 5.91 Å². The summed E-state index contributed by atoms with van der Waals surface area (Å²) in [5.41, 5.74) is 2.06. The molecule has 3 aromatic rings. The molecule has 21 heavy (non-hydrogen) atoms. The minimum absolute atomic E-state index is 0.160. The van der Waals surface area contributed by atoms with Crippen LogP contribution in [0.5, 0.6) is 0 Å². The number of benzene rings is 1. The number of aromatic nitrogens is 3. The Hall–Kier alpha value is -2.41. The number of hydrogen-bond acceptors (Lipinski definition) is 4. The van der Waals surface area contributed by atoms with Gasteiger partial charge >= 0.3 is 0 Å². The zero-order valence-electron chi connectivity index (χ0n) is 10.9. The third kappa shape index (κ3) is 3.19. The van der Waals surface area contributed by atoms with Crippen molar-refractivity contribution in [3.63, 3.8) is 0 Å². The first-order valence-electron chi connectivity index (χ1n) is 6.21. The Bertz CT molecular complexity index is 752. The molecular weight excluding hydrogens is 336 g/mol. The van der Waals surface area contributed by atoms with Crippen LogP contribution in [0.2, 0.25) is 0 Å². The second-order valence-electron chi connectivity index (χ2n) is 4.34. The predicted octanol–water partition coefficient (Wildman–Crippen LogP) is 2.80. The van der Waals surface area contributed by atoms with Gasteiger partial charge in [-0.3, -0.25) is 4.79 Å². The van der Waals surface area contributed by atoms with Crippen LogP contribution in [0, 0.1) is 0 Å². The van der Waals surface area contributed by atoms with Gasteiger partial charge in [-0.15, -0.1) is 0 Å². The van der Waals surface area contributed by atoms with E-state index in [0.717, 1.165) is 10.2 Å². The number of halogens is 1. The number of para-hydroxylation sites is 2. The molecule has 106 valence electrons. The van der Waals surface area contributed by atoms with Crippen LogP contribution in [0.15, 0.2) is 58.0 Å². The molecule has 0 radical (unpaired) electrons. The van der Waals surface area contributed by atoms with Gasteiger partial charge in [0, 0.05) is 12.3 Å². The number of nitrogens with one attached hydrogen (secondary N) is 1. The maximum atomic E-state index is 12.0. The van der Waals surface area contributed by atoms with Crippen molar-refractivity contribution in [2.24, 2.45) is 0 Å². The molecule has 0 bridgehead atoms. The van der Waals surface area contributed by atoms with E-state index in [1.165, 1.54) is 6.26 Å². The van der Waals surface area contributed by atoms with E-state index in [0.29, 0.717) is 11.4 Å². The Labute approximate surface area is 128 Å². The Morgan fingerprint density at radius 1 is 1.33 bits per heavy atom. The van der Waals surface area contributed by atoms with Crippen LogP contribution in [-0.2, 0) is 11.2 Å². The number of rotatable bonds is 4. The zero-order valence-corrected chi connectivity index (χ0v) is 12.4. The van der Waals surface area contributed by atoms with E-state index in [9.17, 15) is 4.79 Å². The molecule has 0 saturated heterocycles. The fraction of sp³-hybridized carbons (Fsp3) is 0.0714. The molecule has 0 saturated carbocycles. The van der Waals surface area contributed by atoms with Crippen molar-refractivity contribution in [1.29, 1.82) is 0 Å². The van der Waals surface area contributed by atoms with Crippen molar-refractivity contribution in [3.05, 3.63) is 59.2 Å². The third-order valence-electron chi connectivity index (χ3n) is 2.81. The SMILES string of the molecule is O=C(Cc1ccon1)Nc1ccccc1-n1cc(Br)cn1. The normalized spacial score (nSPS) is 10.5. The highest BCUT2D eigenvalue weighted by Crippen LogP contribution is 2.21. The van der Waals surface area contributed by atoms with Crippen LogP contribution in [-0.4, -0.2) is 20.8 Å².